The van der Waals surface area contributed by atoms with E-state index in [0.717, 1.165) is 11.3 Å². The standard InChI is InChI=1S/C15H16N2O4S/c1-8-12(15(19)20)22-14(17-8)9(2)16-13(18)10-5-4-6-11(7-10)21-3/h4-7,9H,1-3H3,(H,16,18)(H,19,20). The van der Waals surface area contributed by atoms with Crippen LogP contribution in [0.2, 0.25) is 0 Å². The minimum Gasteiger partial charge on any atom is -0.497 e. The summed E-state index contributed by atoms with van der Waals surface area (Å²) >= 11 is 1.07. The summed E-state index contributed by atoms with van der Waals surface area (Å²) < 4.78 is 5.08. The Bertz CT molecular complexity index is 711. The molecule has 1 aromatic carbocycles. The number of benzene rings is 1. The van der Waals surface area contributed by atoms with Gasteiger partial charge < -0.3 is 15.2 Å². The van der Waals surface area contributed by atoms with Crippen molar-refractivity contribution in [1.82, 2.24) is 10.3 Å². The van der Waals surface area contributed by atoms with Crippen molar-refractivity contribution in [3.05, 3.63) is 45.4 Å². The highest BCUT2D eigenvalue weighted by molar-refractivity contribution is 7.13. The molecule has 1 heterocycles. The molecule has 1 unspecified atom stereocenters. The second kappa shape index (κ2) is 6.57. The van der Waals surface area contributed by atoms with E-state index in [1.165, 1.54) is 7.11 Å². The number of aromatic nitrogens is 1. The van der Waals surface area contributed by atoms with E-state index in [2.05, 4.69) is 10.3 Å². The van der Waals surface area contributed by atoms with Gasteiger partial charge in [0.15, 0.2) is 0 Å². The molecule has 6 nitrogen and oxygen atoms in total. The molecule has 0 aliphatic heterocycles. The average molecular weight is 320 g/mol. The molecule has 2 aromatic rings. The Balaban J connectivity index is 2.14. The fourth-order valence-corrected chi connectivity index (χ4v) is 2.82. The highest BCUT2D eigenvalue weighted by Crippen LogP contribution is 2.24. The van der Waals surface area contributed by atoms with Gasteiger partial charge in [-0.3, -0.25) is 4.79 Å². The maximum absolute atomic E-state index is 12.2. The van der Waals surface area contributed by atoms with Crippen molar-refractivity contribution in [2.45, 2.75) is 19.9 Å². The summed E-state index contributed by atoms with van der Waals surface area (Å²) in [4.78, 5) is 27.7. The maximum atomic E-state index is 12.2. The number of carboxylic acids is 1. The molecule has 0 spiro atoms. The van der Waals surface area contributed by atoms with Gasteiger partial charge >= 0.3 is 5.97 Å². The summed E-state index contributed by atoms with van der Waals surface area (Å²) in [5, 5.41) is 12.4. The zero-order valence-corrected chi connectivity index (χ0v) is 13.2. The quantitative estimate of drug-likeness (QED) is 0.884. The molecule has 0 bridgehead atoms. The summed E-state index contributed by atoms with van der Waals surface area (Å²) in [5.41, 5.74) is 0.924. The number of aryl methyl sites for hydroxylation is 1. The van der Waals surface area contributed by atoms with Gasteiger partial charge in [-0.25, -0.2) is 9.78 Å². The van der Waals surface area contributed by atoms with Crippen LogP contribution in [0.4, 0.5) is 0 Å². The second-order valence-electron chi connectivity index (χ2n) is 4.70. The first-order chi connectivity index (χ1) is 10.4. The van der Waals surface area contributed by atoms with Gasteiger partial charge in [0.1, 0.15) is 15.6 Å². The van der Waals surface area contributed by atoms with E-state index >= 15 is 0 Å². The molecule has 2 rings (SSSR count). The number of carbonyl (C=O) groups is 2. The molecule has 0 radical (unpaired) electrons. The minimum atomic E-state index is -1.01. The molecule has 0 aliphatic rings. The van der Waals surface area contributed by atoms with Crippen molar-refractivity contribution in [1.29, 1.82) is 0 Å². The largest absolute Gasteiger partial charge is 0.497 e. The van der Waals surface area contributed by atoms with E-state index in [-0.39, 0.29) is 16.8 Å². The Hall–Kier alpha value is -2.41. The Morgan fingerprint density at radius 2 is 2.14 bits per heavy atom. The van der Waals surface area contributed by atoms with Gasteiger partial charge in [0.25, 0.3) is 5.91 Å². The van der Waals surface area contributed by atoms with Crippen LogP contribution in [0.5, 0.6) is 5.75 Å². The number of carboxylic acid groups (broad SMARTS) is 1. The topological polar surface area (TPSA) is 88.5 Å². The number of aromatic carboxylic acids is 1. The third-order valence-electron chi connectivity index (χ3n) is 3.06. The fourth-order valence-electron chi connectivity index (χ4n) is 1.91. The number of methoxy groups -OCH3 is 1. The molecular formula is C15H16N2O4S. The number of hydrogen-bond acceptors (Lipinski definition) is 5. The van der Waals surface area contributed by atoms with Crippen LogP contribution >= 0.6 is 11.3 Å². The first-order valence-electron chi connectivity index (χ1n) is 6.58. The molecule has 0 aliphatic carbocycles. The highest BCUT2D eigenvalue weighted by atomic mass is 32.1. The number of nitrogens with zero attached hydrogens (tertiary/aromatic N) is 1. The van der Waals surface area contributed by atoms with E-state index in [1.54, 1.807) is 38.1 Å². The Labute approximate surface area is 131 Å². The first-order valence-corrected chi connectivity index (χ1v) is 7.39. The predicted molar refractivity (Wildman–Crippen MR) is 82.7 cm³/mol. The van der Waals surface area contributed by atoms with Crippen LogP contribution in [0.3, 0.4) is 0 Å². The number of amides is 1. The Morgan fingerprint density at radius 3 is 2.73 bits per heavy atom. The van der Waals surface area contributed by atoms with Crippen LogP contribution in [-0.2, 0) is 0 Å². The van der Waals surface area contributed by atoms with Gasteiger partial charge in [0, 0.05) is 5.56 Å². The Kier molecular flexibility index (Phi) is 4.77. The molecule has 22 heavy (non-hydrogen) atoms. The highest BCUT2D eigenvalue weighted by Gasteiger charge is 2.19. The molecule has 1 amide bonds. The van der Waals surface area contributed by atoms with Gasteiger partial charge in [-0.15, -0.1) is 11.3 Å². The van der Waals surface area contributed by atoms with Crippen LogP contribution in [0.25, 0.3) is 0 Å². The van der Waals surface area contributed by atoms with Crippen molar-refractivity contribution in [3.8, 4) is 5.75 Å². The second-order valence-corrected chi connectivity index (χ2v) is 5.73. The molecule has 1 atom stereocenters. The van der Waals surface area contributed by atoms with Crippen molar-refractivity contribution in [2.75, 3.05) is 7.11 Å². The lowest BCUT2D eigenvalue weighted by atomic mass is 10.2. The third kappa shape index (κ3) is 3.43. The van der Waals surface area contributed by atoms with E-state index in [1.807, 2.05) is 0 Å². The van der Waals surface area contributed by atoms with Gasteiger partial charge in [-0.1, -0.05) is 6.07 Å². The summed E-state index contributed by atoms with van der Waals surface area (Å²) in [6, 6.07) is 6.42. The van der Waals surface area contributed by atoms with Crippen molar-refractivity contribution in [2.24, 2.45) is 0 Å². The molecule has 1 aromatic heterocycles. The number of thiazole rings is 1. The van der Waals surface area contributed by atoms with Crippen LogP contribution in [-0.4, -0.2) is 29.1 Å². The monoisotopic (exact) mass is 320 g/mol. The molecule has 0 fully saturated rings. The van der Waals surface area contributed by atoms with Crippen molar-refractivity contribution in [3.63, 3.8) is 0 Å². The van der Waals surface area contributed by atoms with E-state index in [4.69, 9.17) is 9.84 Å². The average Bonchev–Trinajstić information content (AvgIpc) is 2.89. The summed E-state index contributed by atoms with van der Waals surface area (Å²) in [6.07, 6.45) is 0. The molecule has 0 saturated carbocycles. The molecule has 7 heteroatoms. The maximum Gasteiger partial charge on any atom is 0.347 e. The minimum absolute atomic E-state index is 0.192. The van der Waals surface area contributed by atoms with Crippen LogP contribution in [0, 0.1) is 6.92 Å². The fraction of sp³-hybridized carbons (Fsp3) is 0.267. The zero-order chi connectivity index (χ0) is 16.3. The van der Waals surface area contributed by atoms with E-state index in [0.29, 0.717) is 22.0 Å². The number of ether oxygens (including phenoxy) is 1. The van der Waals surface area contributed by atoms with Crippen LogP contribution in [0.15, 0.2) is 24.3 Å². The normalized spacial score (nSPS) is 11.8. The number of rotatable bonds is 5. The summed E-state index contributed by atoms with van der Waals surface area (Å²) in [6.45, 7) is 3.40. The predicted octanol–water partition coefficient (Wildman–Crippen LogP) is 2.65. The van der Waals surface area contributed by atoms with Gasteiger partial charge in [-0.2, -0.15) is 0 Å². The number of hydrogen-bond donors (Lipinski definition) is 2. The number of nitrogens with one attached hydrogen (secondary N) is 1. The molecule has 116 valence electrons. The van der Waals surface area contributed by atoms with Crippen LogP contribution in [0.1, 0.15) is 43.7 Å². The van der Waals surface area contributed by atoms with Crippen molar-refractivity contribution < 1.29 is 19.4 Å². The SMILES string of the molecule is COc1cccc(C(=O)NC(C)c2nc(C)c(C(=O)O)s2)c1. The lowest BCUT2D eigenvalue weighted by Crippen LogP contribution is -2.26. The Morgan fingerprint density at radius 1 is 1.41 bits per heavy atom. The van der Waals surface area contributed by atoms with Gasteiger partial charge in [-0.05, 0) is 32.0 Å². The van der Waals surface area contributed by atoms with E-state index < -0.39 is 5.97 Å². The van der Waals surface area contributed by atoms with Gasteiger partial charge in [0.05, 0.1) is 18.8 Å². The molecule has 0 saturated heterocycles. The number of carbonyl (C=O) groups excluding carboxylic acids is 1. The third-order valence-corrected chi connectivity index (χ3v) is 4.39. The lowest BCUT2D eigenvalue weighted by Gasteiger charge is -2.11. The molecule has 2 N–H and O–H groups in total. The summed E-state index contributed by atoms with van der Waals surface area (Å²) in [5.74, 6) is -0.678. The smallest absolute Gasteiger partial charge is 0.347 e. The van der Waals surface area contributed by atoms with Crippen LogP contribution < -0.4 is 10.1 Å². The van der Waals surface area contributed by atoms with Gasteiger partial charge in [0.2, 0.25) is 0 Å². The summed E-state index contributed by atoms with van der Waals surface area (Å²) in [7, 11) is 1.53. The zero-order valence-electron chi connectivity index (χ0n) is 12.4. The molecular weight excluding hydrogens is 304 g/mol. The lowest BCUT2D eigenvalue weighted by molar-refractivity contribution is 0.0701. The van der Waals surface area contributed by atoms with E-state index in [9.17, 15) is 9.59 Å². The first kappa shape index (κ1) is 16.0. The van der Waals surface area contributed by atoms with Crippen molar-refractivity contribution >= 4 is 23.2 Å².